The number of benzene rings is 1. The molecule has 25 heavy (non-hydrogen) atoms. The maximum absolute atomic E-state index is 12.4. The normalized spacial score (nSPS) is 13.4. The molecule has 0 fully saturated rings. The first kappa shape index (κ1) is 18.6. The third kappa shape index (κ3) is 4.65. The molecule has 1 heterocycles. The molecule has 0 spiro atoms. The molecule has 7 nitrogen and oxygen atoms in total. The topological polar surface area (TPSA) is 101 Å². The van der Waals surface area contributed by atoms with Crippen LogP contribution in [0.2, 0.25) is 0 Å². The summed E-state index contributed by atoms with van der Waals surface area (Å²) >= 11 is 0. The molecule has 1 aromatic carbocycles. The third-order valence-electron chi connectivity index (χ3n) is 4.03. The van der Waals surface area contributed by atoms with Crippen molar-refractivity contribution in [1.82, 2.24) is 10.3 Å². The average molecular weight is 345 g/mol. The molecule has 134 valence electrons. The second-order valence-electron chi connectivity index (χ2n) is 6.40. The number of nitrogens with zero attached hydrogens (tertiary/aromatic N) is 1. The van der Waals surface area contributed by atoms with Crippen molar-refractivity contribution in [3.63, 3.8) is 0 Å². The summed E-state index contributed by atoms with van der Waals surface area (Å²) in [5.41, 5.74) is 1.75. The number of hydrogen-bond donors (Lipinski definition) is 2. The Bertz CT molecular complexity index is 754. The van der Waals surface area contributed by atoms with Crippen molar-refractivity contribution in [3.8, 4) is 0 Å². The van der Waals surface area contributed by atoms with E-state index in [1.165, 1.54) is 7.11 Å². The van der Waals surface area contributed by atoms with Gasteiger partial charge in [0.2, 0.25) is 5.91 Å². The highest BCUT2D eigenvalue weighted by Gasteiger charge is 2.28. The summed E-state index contributed by atoms with van der Waals surface area (Å²) in [6.07, 6.45) is 2.36. The number of ether oxygens (including phenoxy) is 1. The van der Waals surface area contributed by atoms with E-state index in [4.69, 9.17) is 4.74 Å². The highest BCUT2D eigenvalue weighted by atomic mass is 16.5. The fourth-order valence-corrected chi connectivity index (χ4v) is 2.78. The molecule has 0 aliphatic rings. The minimum atomic E-state index is -1.11. The number of hydrogen-bond acceptors (Lipinski definition) is 5. The van der Waals surface area contributed by atoms with Crippen LogP contribution in [0.25, 0.3) is 10.9 Å². The van der Waals surface area contributed by atoms with E-state index < -0.39 is 24.0 Å². The van der Waals surface area contributed by atoms with E-state index in [9.17, 15) is 14.5 Å². The van der Waals surface area contributed by atoms with Gasteiger partial charge in [0.1, 0.15) is 6.04 Å². The summed E-state index contributed by atoms with van der Waals surface area (Å²) in [6, 6.07) is 5.72. The van der Waals surface area contributed by atoms with Gasteiger partial charge in [0.25, 0.3) is 0 Å². The summed E-state index contributed by atoms with van der Waals surface area (Å²) in [7, 11) is 1.27. The Morgan fingerprint density at radius 3 is 2.64 bits per heavy atom. The molecular formula is C18H23N3O4. The third-order valence-corrected chi connectivity index (χ3v) is 4.03. The van der Waals surface area contributed by atoms with Gasteiger partial charge in [-0.05, 0) is 24.0 Å². The minimum Gasteiger partial charge on any atom is -0.467 e. The van der Waals surface area contributed by atoms with E-state index in [0.717, 1.165) is 16.5 Å². The van der Waals surface area contributed by atoms with Gasteiger partial charge in [-0.15, -0.1) is 4.91 Å². The smallest absolute Gasteiger partial charge is 0.328 e. The second kappa shape index (κ2) is 8.41. The van der Waals surface area contributed by atoms with Gasteiger partial charge in [-0.3, -0.25) is 4.79 Å². The summed E-state index contributed by atoms with van der Waals surface area (Å²) in [6.45, 7) is 3.87. The number of esters is 1. The fraction of sp³-hybridized carbons (Fsp3) is 0.444. The minimum absolute atomic E-state index is 0.162. The van der Waals surface area contributed by atoms with Crippen molar-refractivity contribution in [1.29, 1.82) is 0 Å². The predicted octanol–water partition coefficient (Wildman–Crippen LogP) is 2.55. The molecule has 2 rings (SSSR count). The summed E-state index contributed by atoms with van der Waals surface area (Å²) < 4.78 is 4.72. The number of para-hydroxylation sites is 1. The summed E-state index contributed by atoms with van der Waals surface area (Å²) in [5.74, 6) is -0.921. The molecular weight excluding hydrogens is 322 g/mol. The summed E-state index contributed by atoms with van der Waals surface area (Å²) in [5, 5.41) is 6.49. The van der Waals surface area contributed by atoms with Crippen molar-refractivity contribution in [2.75, 3.05) is 7.11 Å². The van der Waals surface area contributed by atoms with Gasteiger partial charge >= 0.3 is 5.97 Å². The molecule has 0 saturated heterocycles. The van der Waals surface area contributed by atoms with E-state index in [-0.39, 0.29) is 12.3 Å². The van der Waals surface area contributed by atoms with Crippen LogP contribution in [-0.4, -0.2) is 36.1 Å². The number of H-pyrrole nitrogens is 1. The number of amides is 1. The second-order valence-corrected chi connectivity index (χ2v) is 6.40. The van der Waals surface area contributed by atoms with Crippen LogP contribution in [0.4, 0.5) is 0 Å². The number of nitroso groups, excluding NO2 is 1. The fourth-order valence-electron chi connectivity index (χ4n) is 2.78. The molecule has 0 saturated carbocycles. The Hall–Kier alpha value is -2.70. The van der Waals surface area contributed by atoms with E-state index in [0.29, 0.717) is 6.42 Å². The van der Waals surface area contributed by atoms with E-state index in [2.05, 4.69) is 15.5 Å². The maximum atomic E-state index is 12.4. The molecule has 0 aliphatic heterocycles. The van der Waals surface area contributed by atoms with Gasteiger partial charge in [-0.25, -0.2) is 4.79 Å². The molecule has 0 radical (unpaired) electrons. The molecule has 0 aliphatic carbocycles. The first-order valence-electron chi connectivity index (χ1n) is 8.22. The van der Waals surface area contributed by atoms with Crippen molar-refractivity contribution in [3.05, 3.63) is 40.9 Å². The zero-order valence-electron chi connectivity index (χ0n) is 14.6. The highest BCUT2D eigenvalue weighted by Crippen LogP contribution is 2.20. The number of aromatic amines is 1. The van der Waals surface area contributed by atoms with Gasteiger partial charge in [0.15, 0.2) is 6.04 Å². The first-order chi connectivity index (χ1) is 12.0. The van der Waals surface area contributed by atoms with Crippen LogP contribution in [0.5, 0.6) is 0 Å². The van der Waals surface area contributed by atoms with Crippen LogP contribution in [0.3, 0.4) is 0 Å². The first-order valence-corrected chi connectivity index (χ1v) is 8.22. The Kier molecular flexibility index (Phi) is 6.27. The Balaban J connectivity index is 2.11. The molecule has 0 bridgehead atoms. The lowest BCUT2D eigenvalue weighted by Gasteiger charge is -2.19. The van der Waals surface area contributed by atoms with Crippen LogP contribution < -0.4 is 5.32 Å². The molecule has 1 amide bonds. The van der Waals surface area contributed by atoms with Crippen LogP contribution in [-0.2, 0) is 20.7 Å². The molecule has 2 N–H and O–H groups in total. The number of carbonyl (C=O) groups is 2. The number of carbonyl (C=O) groups excluding carboxylic acids is 2. The number of rotatable bonds is 8. The molecule has 2 atom stereocenters. The van der Waals surface area contributed by atoms with Gasteiger partial charge < -0.3 is 15.0 Å². The lowest BCUT2D eigenvalue weighted by Crippen LogP contribution is -2.46. The summed E-state index contributed by atoms with van der Waals surface area (Å²) in [4.78, 5) is 38.6. The van der Waals surface area contributed by atoms with Gasteiger partial charge in [0, 0.05) is 23.5 Å². The molecule has 1 unspecified atom stereocenters. The van der Waals surface area contributed by atoms with Crippen molar-refractivity contribution >= 4 is 22.8 Å². The standard InChI is InChI=1S/C18H23N3O4/c1-11(2)8-16(18(23)25-3)20-17(22)15(21-24)9-12-10-19-14-7-5-4-6-13(12)14/h4-7,10-11,15-16,19H,8-9H2,1-3H3,(H,20,22)/t15?,16-/m0/s1. The molecule has 1 aromatic heterocycles. The molecule has 2 aromatic rings. The zero-order chi connectivity index (χ0) is 18.4. The average Bonchev–Trinajstić information content (AvgIpc) is 3.00. The monoisotopic (exact) mass is 345 g/mol. The number of aromatic nitrogens is 1. The van der Waals surface area contributed by atoms with Crippen LogP contribution in [0.15, 0.2) is 35.6 Å². The highest BCUT2D eigenvalue weighted by molar-refractivity contribution is 5.89. The van der Waals surface area contributed by atoms with Crippen LogP contribution in [0, 0.1) is 10.8 Å². The maximum Gasteiger partial charge on any atom is 0.328 e. The largest absolute Gasteiger partial charge is 0.467 e. The Morgan fingerprint density at radius 2 is 2.00 bits per heavy atom. The quantitative estimate of drug-likeness (QED) is 0.567. The van der Waals surface area contributed by atoms with Gasteiger partial charge in [-0.1, -0.05) is 37.2 Å². The van der Waals surface area contributed by atoms with Gasteiger partial charge in [-0.2, -0.15) is 0 Å². The van der Waals surface area contributed by atoms with E-state index in [1.54, 1.807) is 6.20 Å². The Labute approximate surface area is 146 Å². The van der Waals surface area contributed by atoms with Crippen molar-refractivity contribution in [2.45, 2.75) is 38.8 Å². The van der Waals surface area contributed by atoms with E-state index >= 15 is 0 Å². The predicted molar refractivity (Wildman–Crippen MR) is 95.0 cm³/mol. The van der Waals surface area contributed by atoms with E-state index in [1.807, 2.05) is 38.1 Å². The Morgan fingerprint density at radius 1 is 1.28 bits per heavy atom. The lowest BCUT2D eigenvalue weighted by molar-refractivity contribution is -0.145. The SMILES string of the molecule is COC(=O)[C@H](CC(C)C)NC(=O)C(Cc1c[nH]c2ccccc12)N=O. The van der Waals surface area contributed by atoms with Crippen molar-refractivity contribution < 1.29 is 14.3 Å². The van der Waals surface area contributed by atoms with Crippen molar-refractivity contribution in [2.24, 2.45) is 11.1 Å². The zero-order valence-corrected chi connectivity index (χ0v) is 14.6. The number of nitrogens with one attached hydrogen (secondary N) is 2. The van der Waals surface area contributed by atoms with Crippen LogP contribution >= 0.6 is 0 Å². The van der Waals surface area contributed by atoms with Crippen LogP contribution in [0.1, 0.15) is 25.8 Å². The number of fused-ring (bicyclic) bond motifs is 1. The molecule has 7 heteroatoms. The van der Waals surface area contributed by atoms with Gasteiger partial charge in [0.05, 0.1) is 7.11 Å². The number of methoxy groups -OCH3 is 1. The lowest BCUT2D eigenvalue weighted by atomic mass is 10.0.